The number of hydrogen-bond donors (Lipinski definition) is 1. The molecular weight excluding hydrogens is 460 g/mol. The number of carbonyl (C=O) groups is 2. The molecular formula is C28H27ClN4O2. The highest BCUT2D eigenvalue weighted by molar-refractivity contribution is 6.30. The highest BCUT2D eigenvalue weighted by atomic mass is 35.5. The van der Waals surface area contributed by atoms with Crippen LogP contribution in [-0.4, -0.2) is 40.1 Å². The summed E-state index contributed by atoms with van der Waals surface area (Å²) < 4.78 is 1.82. The van der Waals surface area contributed by atoms with E-state index in [2.05, 4.69) is 5.32 Å². The molecule has 0 aliphatic heterocycles. The van der Waals surface area contributed by atoms with E-state index in [-0.39, 0.29) is 18.2 Å². The molecule has 4 aromatic rings. The fraction of sp³-hybridized carbons (Fsp3) is 0.179. The highest BCUT2D eigenvalue weighted by Gasteiger charge is 2.17. The first-order valence-electron chi connectivity index (χ1n) is 11.4. The van der Waals surface area contributed by atoms with Crippen molar-refractivity contribution in [3.05, 3.63) is 107 Å². The first-order valence-corrected chi connectivity index (χ1v) is 11.8. The molecule has 0 bridgehead atoms. The van der Waals surface area contributed by atoms with Crippen molar-refractivity contribution in [2.24, 2.45) is 0 Å². The third-order valence-electron chi connectivity index (χ3n) is 5.63. The van der Waals surface area contributed by atoms with Gasteiger partial charge < -0.3 is 10.2 Å². The Bertz CT molecular complexity index is 1270. The molecule has 0 spiro atoms. The standard InChI is InChI=1S/C28H27ClN4O2/c1-32(27(35)16-17-30-26(34)18-21-8-4-2-5-9-21)19-23-20-33(25-10-6-3-7-11-25)31-28(23)22-12-14-24(29)15-13-22/h2-15,20H,16-19H2,1H3,(H,30,34). The summed E-state index contributed by atoms with van der Waals surface area (Å²) in [7, 11) is 1.76. The lowest BCUT2D eigenvalue weighted by Crippen LogP contribution is -2.32. The summed E-state index contributed by atoms with van der Waals surface area (Å²) in [6.45, 7) is 0.684. The number of carbonyl (C=O) groups excluding carboxylic acids is 2. The molecule has 178 valence electrons. The molecule has 1 N–H and O–H groups in total. The van der Waals surface area contributed by atoms with Crippen LogP contribution in [0.3, 0.4) is 0 Å². The molecule has 0 saturated carbocycles. The molecule has 0 atom stereocenters. The maximum absolute atomic E-state index is 12.8. The van der Waals surface area contributed by atoms with Crippen molar-refractivity contribution in [2.45, 2.75) is 19.4 Å². The number of hydrogen-bond acceptors (Lipinski definition) is 3. The predicted octanol–water partition coefficient (Wildman–Crippen LogP) is 4.90. The number of benzene rings is 3. The van der Waals surface area contributed by atoms with Crippen LogP contribution in [0.1, 0.15) is 17.5 Å². The molecule has 35 heavy (non-hydrogen) atoms. The molecule has 2 amide bonds. The van der Waals surface area contributed by atoms with Gasteiger partial charge in [0.25, 0.3) is 0 Å². The molecule has 0 aliphatic rings. The third-order valence-corrected chi connectivity index (χ3v) is 5.88. The van der Waals surface area contributed by atoms with Crippen molar-refractivity contribution in [1.29, 1.82) is 0 Å². The predicted molar refractivity (Wildman–Crippen MR) is 138 cm³/mol. The van der Waals surface area contributed by atoms with E-state index >= 15 is 0 Å². The Labute approximate surface area is 210 Å². The van der Waals surface area contributed by atoms with Crippen molar-refractivity contribution < 1.29 is 9.59 Å². The van der Waals surface area contributed by atoms with Gasteiger partial charge in [-0.15, -0.1) is 0 Å². The van der Waals surface area contributed by atoms with Gasteiger partial charge in [0.2, 0.25) is 11.8 Å². The van der Waals surface area contributed by atoms with Gasteiger partial charge in [-0.05, 0) is 29.8 Å². The maximum atomic E-state index is 12.8. The van der Waals surface area contributed by atoms with Gasteiger partial charge in [-0.25, -0.2) is 4.68 Å². The van der Waals surface area contributed by atoms with Crippen molar-refractivity contribution in [2.75, 3.05) is 13.6 Å². The molecule has 0 unspecified atom stereocenters. The van der Waals surface area contributed by atoms with E-state index < -0.39 is 0 Å². The lowest BCUT2D eigenvalue weighted by atomic mass is 10.1. The minimum Gasteiger partial charge on any atom is -0.355 e. The monoisotopic (exact) mass is 486 g/mol. The van der Waals surface area contributed by atoms with E-state index in [1.165, 1.54) is 0 Å². The zero-order valence-corrected chi connectivity index (χ0v) is 20.3. The number of para-hydroxylation sites is 1. The smallest absolute Gasteiger partial charge is 0.224 e. The van der Waals surface area contributed by atoms with Crippen LogP contribution in [-0.2, 0) is 22.6 Å². The molecule has 1 heterocycles. The van der Waals surface area contributed by atoms with Crippen LogP contribution in [0.2, 0.25) is 5.02 Å². The molecule has 0 radical (unpaired) electrons. The maximum Gasteiger partial charge on any atom is 0.224 e. The second-order valence-electron chi connectivity index (χ2n) is 8.30. The largest absolute Gasteiger partial charge is 0.355 e. The SMILES string of the molecule is CN(Cc1cn(-c2ccccc2)nc1-c1ccc(Cl)cc1)C(=O)CCNC(=O)Cc1ccccc1. The topological polar surface area (TPSA) is 67.2 Å². The summed E-state index contributed by atoms with van der Waals surface area (Å²) in [6.07, 6.45) is 2.47. The molecule has 4 rings (SSSR count). The minimum atomic E-state index is -0.0965. The number of nitrogens with zero attached hydrogens (tertiary/aromatic N) is 3. The van der Waals surface area contributed by atoms with Crippen molar-refractivity contribution >= 4 is 23.4 Å². The molecule has 1 aromatic heterocycles. The summed E-state index contributed by atoms with van der Waals surface area (Å²) in [5.74, 6) is -0.152. The Hall–Kier alpha value is -3.90. The number of rotatable bonds is 9. The summed E-state index contributed by atoms with van der Waals surface area (Å²) in [5, 5.41) is 8.28. The fourth-order valence-electron chi connectivity index (χ4n) is 3.78. The van der Waals surface area contributed by atoms with Gasteiger partial charge in [-0.2, -0.15) is 5.10 Å². The van der Waals surface area contributed by atoms with Gasteiger partial charge in [0.1, 0.15) is 0 Å². The average Bonchev–Trinajstić information content (AvgIpc) is 3.29. The Morgan fingerprint density at radius 3 is 2.29 bits per heavy atom. The number of aromatic nitrogens is 2. The minimum absolute atomic E-state index is 0.0560. The van der Waals surface area contributed by atoms with Crippen molar-refractivity contribution in [3.63, 3.8) is 0 Å². The van der Waals surface area contributed by atoms with Crippen molar-refractivity contribution in [1.82, 2.24) is 20.0 Å². The van der Waals surface area contributed by atoms with E-state index in [4.69, 9.17) is 16.7 Å². The van der Waals surface area contributed by atoms with Gasteiger partial charge in [-0.1, -0.05) is 72.3 Å². The van der Waals surface area contributed by atoms with Gasteiger partial charge in [-0.3, -0.25) is 9.59 Å². The average molecular weight is 487 g/mol. The zero-order chi connectivity index (χ0) is 24.6. The number of halogens is 1. The number of amides is 2. The van der Waals surface area contributed by atoms with Gasteiger partial charge in [0.15, 0.2) is 0 Å². The van der Waals surface area contributed by atoms with Gasteiger partial charge >= 0.3 is 0 Å². The van der Waals surface area contributed by atoms with Crippen LogP contribution in [0.4, 0.5) is 0 Å². The molecule has 0 saturated heterocycles. The summed E-state index contributed by atoms with van der Waals surface area (Å²) in [6, 6.07) is 26.9. The van der Waals surface area contributed by atoms with E-state index in [0.29, 0.717) is 24.5 Å². The zero-order valence-electron chi connectivity index (χ0n) is 19.5. The molecule has 0 aliphatic carbocycles. The normalized spacial score (nSPS) is 10.7. The first-order chi connectivity index (χ1) is 17.0. The quantitative estimate of drug-likeness (QED) is 0.366. The van der Waals surface area contributed by atoms with Crippen LogP contribution < -0.4 is 5.32 Å². The van der Waals surface area contributed by atoms with Crippen LogP contribution in [0.5, 0.6) is 0 Å². The Morgan fingerprint density at radius 2 is 1.60 bits per heavy atom. The fourth-order valence-corrected chi connectivity index (χ4v) is 3.90. The third kappa shape index (κ3) is 6.58. The van der Waals surface area contributed by atoms with E-state index in [1.54, 1.807) is 11.9 Å². The molecule has 6 nitrogen and oxygen atoms in total. The first kappa shape index (κ1) is 24.2. The summed E-state index contributed by atoms with van der Waals surface area (Å²) >= 11 is 6.07. The summed E-state index contributed by atoms with van der Waals surface area (Å²) in [4.78, 5) is 26.6. The van der Waals surface area contributed by atoms with E-state index in [0.717, 1.165) is 28.1 Å². The van der Waals surface area contributed by atoms with E-state index in [1.807, 2.05) is 95.8 Å². The molecule has 7 heteroatoms. The molecule has 0 fully saturated rings. The summed E-state index contributed by atoms with van der Waals surface area (Å²) in [5.41, 5.74) is 4.51. The molecule has 3 aromatic carbocycles. The van der Waals surface area contributed by atoms with Crippen LogP contribution in [0.25, 0.3) is 16.9 Å². The van der Waals surface area contributed by atoms with Crippen LogP contribution in [0.15, 0.2) is 91.1 Å². The Morgan fingerprint density at radius 1 is 0.943 bits per heavy atom. The van der Waals surface area contributed by atoms with Crippen molar-refractivity contribution in [3.8, 4) is 16.9 Å². The highest BCUT2D eigenvalue weighted by Crippen LogP contribution is 2.26. The lowest BCUT2D eigenvalue weighted by molar-refractivity contribution is -0.130. The van der Waals surface area contributed by atoms with Crippen LogP contribution >= 0.6 is 11.6 Å². The lowest BCUT2D eigenvalue weighted by Gasteiger charge is -2.17. The van der Waals surface area contributed by atoms with E-state index in [9.17, 15) is 9.59 Å². The second kappa shape index (κ2) is 11.5. The Kier molecular flexibility index (Phi) is 7.95. The second-order valence-corrected chi connectivity index (χ2v) is 8.74. The van der Waals surface area contributed by atoms with Gasteiger partial charge in [0.05, 0.1) is 17.8 Å². The van der Waals surface area contributed by atoms with Gasteiger partial charge in [0, 0.05) is 48.9 Å². The number of nitrogens with one attached hydrogen (secondary N) is 1. The Balaban J connectivity index is 1.41. The van der Waals surface area contributed by atoms with Crippen LogP contribution in [0, 0.1) is 0 Å².